The number of aromatic carboxylic acids is 1. The number of benzene rings is 1. The Hall–Kier alpha value is -2.89. The van der Waals surface area contributed by atoms with Crippen molar-refractivity contribution in [1.82, 2.24) is 14.6 Å². The van der Waals surface area contributed by atoms with E-state index in [1.54, 1.807) is 17.6 Å². The summed E-state index contributed by atoms with van der Waals surface area (Å²) in [6.45, 7) is 0. The lowest BCUT2D eigenvalue weighted by Crippen LogP contribution is -1.99. The largest absolute Gasteiger partial charge is 0.497 e. The third-order valence-electron chi connectivity index (χ3n) is 2.98. The van der Waals surface area contributed by atoms with Crippen LogP contribution in [0.25, 0.3) is 17.0 Å². The van der Waals surface area contributed by atoms with Gasteiger partial charge in [0.1, 0.15) is 5.75 Å². The molecule has 0 bridgehead atoms. The lowest BCUT2D eigenvalue weighted by molar-refractivity contribution is 0.0696. The first-order chi connectivity index (χ1) is 9.69. The van der Waals surface area contributed by atoms with Crippen molar-refractivity contribution in [3.8, 4) is 17.1 Å². The van der Waals surface area contributed by atoms with E-state index in [1.165, 1.54) is 12.3 Å². The second-order valence-corrected chi connectivity index (χ2v) is 4.21. The van der Waals surface area contributed by atoms with Crippen molar-refractivity contribution in [1.29, 1.82) is 0 Å². The van der Waals surface area contributed by atoms with Crippen LogP contribution >= 0.6 is 0 Å². The number of fused-ring (bicyclic) bond motifs is 1. The molecule has 1 aromatic carbocycles. The Kier molecular flexibility index (Phi) is 2.83. The van der Waals surface area contributed by atoms with Crippen molar-refractivity contribution < 1.29 is 14.6 Å². The maximum Gasteiger partial charge on any atom is 0.337 e. The van der Waals surface area contributed by atoms with Crippen LogP contribution in [-0.4, -0.2) is 32.8 Å². The summed E-state index contributed by atoms with van der Waals surface area (Å²) in [6, 6.07) is 10.5. The van der Waals surface area contributed by atoms with E-state index in [9.17, 15) is 4.79 Å². The highest BCUT2D eigenvalue weighted by Crippen LogP contribution is 2.23. The summed E-state index contributed by atoms with van der Waals surface area (Å²) in [6.07, 6.45) is 1.51. The van der Waals surface area contributed by atoms with E-state index in [1.807, 2.05) is 24.3 Å². The van der Waals surface area contributed by atoms with Crippen LogP contribution in [0, 0.1) is 0 Å². The second kappa shape index (κ2) is 4.65. The Bertz CT molecular complexity index is 795. The molecule has 6 nitrogen and oxygen atoms in total. The third kappa shape index (κ3) is 1.97. The highest BCUT2D eigenvalue weighted by molar-refractivity contribution is 5.87. The van der Waals surface area contributed by atoms with Crippen LogP contribution in [0.5, 0.6) is 5.75 Å². The number of nitrogens with zero attached hydrogens (tertiary/aromatic N) is 3. The zero-order chi connectivity index (χ0) is 14.1. The fourth-order valence-electron chi connectivity index (χ4n) is 1.98. The SMILES string of the molecule is COc1cccc(-c2nnc3ccc(C(=O)O)cn23)c1. The van der Waals surface area contributed by atoms with Crippen molar-refractivity contribution in [2.45, 2.75) is 0 Å². The van der Waals surface area contributed by atoms with Gasteiger partial charge < -0.3 is 9.84 Å². The maximum absolute atomic E-state index is 11.0. The molecule has 0 atom stereocenters. The number of ether oxygens (including phenoxy) is 1. The molecule has 2 heterocycles. The molecule has 0 aliphatic rings. The van der Waals surface area contributed by atoms with Gasteiger partial charge in [-0.05, 0) is 24.3 Å². The van der Waals surface area contributed by atoms with Crippen LogP contribution in [0.3, 0.4) is 0 Å². The molecule has 100 valence electrons. The lowest BCUT2D eigenvalue weighted by Gasteiger charge is -2.04. The summed E-state index contributed by atoms with van der Waals surface area (Å²) in [5.74, 6) is 0.285. The van der Waals surface area contributed by atoms with E-state index in [2.05, 4.69) is 10.2 Å². The van der Waals surface area contributed by atoms with Gasteiger partial charge in [0, 0.05) is 11.8 Å². The Morgan fingerprint density at radius 3 is 2.85 bits per heavy atom. The van der Waals surface area contributed by atoms with Gasteiger partial charge in [0.15, 0.2) is 11.5 Å². The Labute approximate surface area is 114 Å². The molecule has 0 aliphatic heterocycles. The van der Waals surface area contributed by atoms with E-state index >= 15 is 0 Å². The van der Waals surface area contributed by atoms with Gasteiger partial charge in [-0.1, -0.05) is 12.1 Å². The second-order valence-electron chi connectivity index (χ2n) is 4.21. The van der Waals surface area contributed by atoms with Crippen LogP contribution in [0.15, 0.2) is 42.6 Å². The molecular formula is C14H11N3O3. The molecule has 0 saturated carbocycles. The van der Waals surface area contributed by atoms with E-state index in [0.29, 0.717) is 17.2 Å². The van der Waals surface area contributed by atoms with Gasteiger partial charge in [-0.2, -0.15) is 0 Å². The highest BCUT2D eigenvalue weighted by atomic mass is 16.5. The van der Waals surface area contributed by atoms with E-state index in [4.69, 9.17) is 9.84 Å². The number of rotatable bonds is 3. The van der Waals surface area contributed by atoms with E-state index in [-0.39, 0.29) is 5.56 Å². The monoisotopic (exact) mass is 269 g/mol. The first kappa shape index (κ1) is 12.2. The molecule has 6 heteroatoms. The van der Waals surface area contributed by atoms with Crippen LogP contribution in [-0.2, 0) is 0 Å². The summed E-state index contributed by atoms with van der Waals surface area (Å²) in [7, 11) is 1.59. The predicted octanol–water partition coefficient (Wildman–Crippen LogP) is 2.10. The minimum absolute atomic E-state index is 0.182. The summed E-state index contributed by atoms with van der Waals surface area (Å²) in [5.41, 5.74) is 1.58. The van der Waals surface area contributed by atoms with Crippen LogP contribution < -0.4 is 4.74 Å². The topological polar surface area (TPSA) is 76.7 Å². The fourth-order valence-corrected chi connectivity index (χ4v) is 1.98. The van der Waals surface area contributed by atoms with Crippen LogP contribution in [0.1, 0.15) is 10.4 Å². The molecule has 3 rings (SSSR count). The Morgan fingerprint density at radius 2 is 2.10 bits per heavy atom. The predicted molar refractivity (Wildman–Crippen MR) is 71.9 cm³/mol. The zero-order valence-electron chi connectivity index (χ0n) is 10.6. The zero-order valence-corrected chi connectivity index (χ0v) is 10.6. The number of pyridine rings is 1. The molecule has 0 aliphatic carbocycles. The Morgan fingerprint density at radius 1 is 1.25 bits per heavy atom. The molecule has 0 fully saturated rings. The van der Waals surface area contributed by atoms with Crippen molar-refractivity contribution in [3.05, 3.63) is 48.2 Å². The lowest BCUT2D eigenvalue weighted by atomic mass is 10.2. The maximum atomic E-state index is 11.0. The molecule has 0 radical (unpaired) electrons. The molecular weight excluding hydrogens is 258 g/mol. The first-order valence-electron chi connectivity index (χ1n) is 5.91. The minimum atomic E-state index is -0.989. The molecule has 0 unspecified atom stereocenters. The molecule has 20 heavy (non-hydrogen) atoms. The van der Waals surface area contributed by atoms with Crippen LogP contribution in [0.2, 0.25) is 0 Å². The first-order valence-corrected chi connectivity index (χ1v) is 5.91. The molecule has 0 spiro atoms. The normalized spacial score (nSPS) is 10.7. The van der Waals surface area contributed by atoms with Crippen molar-refractivity contribution in [2.24, 2.45) is 0 Å². The number of carboxylic acid groups (broad SMARTS) is 1. The minimum Gasteiger partial charge on any atom is -0.497 e. The molecule has 0 amide bonds. The van der Waals surface area contributed by atoms with Gasteiger partial charge in [0.2, 0.25) is 0 Å². The summed E-state index contributed by atoms with van der Waals surface area (Å²) in [4.78, 5) is 11.0. The van der Waals surface area contributed by atoms with Gasteiger partial charge in [-0.25, -0.2) is 4.79 Å². The standard InChI is InChI=1S/C14H11N3O3/c1-20-11-4-2-3-9(7-11)13-16-15-12-6-5-10(14(18)19)8-17(12)13/h2-8H,1H3,(H,18,19). The number of carboxylic acids is 1. The number of methoxy groups -OCH3 is 1. The number of carbonyl (C=O) groups is 1. The fraction of sp³-hybridized carbons (Fsp3) is 0.0714. The van der Waals surface area contributed by atoms with Crippen molar-refractivity contribution in [2.75, 3.05) is 7.11 Å². The number of aromatic nitrogens is 3. The van der Waals surface area contributed by atoms with Gasteiger partial charge in [-0.3, -0.25) is 4.40 Å². The van der Waals surface area contributed by atoms with Gasteiger partial charge >= 0.3 is 5.97 Å². The smallest absolute Gasteiger partial charge is 0.337 e. The van der Waals surface area contributed by atoms with E-state index in [0.717, 1.165) is 5.56 Å². The molecule has 1 N–H and O–H groups in total. The van der Waals surface area contributed by atoms with Crippen molar-refractivity contribution >= 4 is 11.6 Å². The van der Waals surface area contributed by atoms with E-state index < -0.39 is 5.97 Å². The number of hydrogen-bond acceptors (Lipinski definition) is 4. The molecule has 0 saturated heterocycles. The van der Waals surface area contributed by atoms with Gasteiger partial charge in [0.25, 0.3) is 0 Å². The highest BCUT2D eigenvalue weighted by Gasteiger charge is 2.11. The molecule has 3 aromatic rings. The number of hydrogen-bond donors (Lipinski definition) is 1. The van der Waals surface area contributed by atoms with Crippen molar-refractivity contribution in [3.63, 3.8) is 0 Å². The quantitative estimate of drug-likeness (QED) is 0.788. The molecule has 2 aromatic heterocycles. The van der Waals surface area contributed by atoms with Crippen LogP contribution in [0.4, 0.5) is 0 Å². The summed E-state index contributed by atoms with van der Waals surface area (Å²) >= 11 is 0. The average molecular weight is 269 g/mol. The summed E-state index contributed by atoms with van der Waals surface area (Å²) in [5, 5.41) is 17.2. The third-order valence-corrected chi connectivity index (χ3v) is 2.98. The van der Waals surface area contributed by atoms with Gasteiger partial charge in [0.05, 0.1) is 12.7 Å². The summed E-state index contributed by atoms with van der Waals surface area (Å²) < 4.78 is 6.83. The Balaban J connectivity index is 2.20. The average Bonchev–Trinajstić information content (AvgIpc) is 2.90. The van der Waals surface area contributed by atoms with Gasteiger partial charge in [-0.15, -0.1) is 10.2 Å².